The van der Waals surface area contributed by atoms with Crippen molar-refractivity contribution >= 4 is 16.5 Å². The molecule has 0 spiro atoms. The van der Waals surface area contributed by atoms with Gasteiger partial charge in [-0.3, -0.25) is 0 Å². The fourth-order valence-electron chi connectivity index (χ4n) is 1.52. The molecule has 2 rings (SSSR count). The first-order chi connectivity index (χ1) is 9.72. The Balaban J connectivity index is 1.95. The average molecular weight is 291 g/mol. The monoisotopic (exact) mass is 291 g/mol. The molecule has 0 fully saturated rings. The largest absolute Gasteiger partial charge is 0.485 e. The van der Waals surface area contributed by atoms with Crippen LogP contribution in [0.1, 0.15) is 23.8 Å². The molecule has 0 aliphatic rings. The van der Waals surface area contributed by atoms with Crippen molar-refractivity contribution in [3.05, 3.63) is 40.7 Å². The highest BCUT2D eigenvalue weighted by atomic mass is 32.1. The number of hydrogen-bond donors (Lipinski definition) is 1. The number of thiazole rings is 1. The van der Waals surface area contributed by atoms with E-state index in [4.69, 9.17) is 10.00 Å². The first-order valence-corrected chi connectivity index (χ1v) is 7.05. The van der Waals surface area contributed by atoms with Gasteiger partial charge in [0.15, 0.2) is 16.7 Å². The summed E-state index contributed by atoms with van der Waals surface area (Å²) < 4.78 is 19.0. The maximum atomic E-state index is 13.6. The molecule has 6 heteroatoms. The van der Waals surface area contributed by atoms with E-state index in [-0.39, 0.29) is 17.9 Å². The molecule has 0 radical (unpaired) electrons. The average Bonchev–Trinajstić information content (AvgIpc) is 2.91. The normalized spacial score (nSPS) is 10.1. The first kappa shape index (κ1) is 14.3. The molecular formula is C14H14FN3OS. The van der Waals surface area contributed by atoms with Crippen molar-refractivity contribution in [2.24, 2.45) is 0 Å². The summed E-state index contributed by atoms with van der Waals surface area (Å²) in [5, 5.41) is 12.7. The van der Waals surface area contributed by atoms with Crippen LogP contribution in [-0.4, -0.2) is 11.5 Å². The third-order valence-electron chi connectivity index (χ3n) is 2.51. The van der Waals surface area contributed by atoms with E-state index in [1.807, 2.05) is 6.07 Å². The van der Waals surface area contributed by atoms with Crippen molar-refractivity contribution < 1.29 is 9.13 Å². The van der Waals surface area contributed by atoms with Crippen LogP contribution in [0.3, 0.4) is 0 Å². The Morgan fingerprint density at radius 2 is 2.35 bits per heavy atom. The third kappa shape index (κ3) is 3.68. The fourth-order valence-corrected chi connectivity index (χ4v) is 2.28. The number of halogens is 1. The number of hydrogen-bond acceptors (Lipinski definition) is 5. The van der Waals surface area contributed by atoms with Gasteiger partial charge < -0.3 is 10.1 Å². The van der Waals surface area contributed by atoms with Crippen LogP contribution in [0.5, 0.6) is 5.75 Å². The molecule has 1 aromatic carbocycles. The molecule has 0 atom stereocenters. The summed E-state index contributed by atoms with van der Waals surface area (Å²) in [6.07, 6.45) is 2.74. The zero-order valence-electron chi connectivity index (χ0n) is 11.0. The van der Waals surface area contributed by atoms with Gasteiger partial charge in [-0.1, -0.05) is 18.3 Å². The van der Waals surface area contributed by atoms with Crippen LogP contribution in [-0.2, 0) is 6.61 Å². The second-order valence-corrected chi connectivity index (χ2v) is 5.22. The summed E-state index contributed by atoms with van der Waals surface area (Å²) in [5.41, 5.74) is 0.277. The summed E-state index contributed by atoms with van der Waals surface area (Å²) in [5.74, 6) is -0.390. The van der Waals surface area contributed by atoms with Crippen LogP contribution in [0, 0.1) is 17.1 Å². The highest BCUT2D eigenvalue weighted by Gasteiger charge is 2.07. The van der Waals surface area contributed by atoms with E-state index in [1.54, 1.807) is 6.20 Å². The van der Waals surface area contributed by atoms with E-state index < -0.39 is 5.82 Å². The van der Waals surface area contributed by atoms with Crippen LogP contribution >= 0.6 is 11.3 Å². The topological polar surface area (TPSA) is 57.9 Å². The van der Waals surface area contributed by atoms with Crippen molar-refractivity contribution in [2.45, 2.75) is 20.0 Å². The molecule has 104 valence electrons. The van der Waals surface area contributed by atoms with E-state index in [9.17, 15) is 4.39 Å². The lowest BCUT2D eigenvalue weighted by molar-refractivity contribution is 0.293. The van der Waals surface area contributed by atoms with Crippen molar-refractivity contribution in [3.8, 4) is 11.8 Å². The lowest BCUT2D eigenvalue weighted by Crippen LogP contribution is -1.98. The molecule has 0 aliphatic heterocycles. The molecule has 1 aromatic heterocycles. The number of aromatic nitrogens is 1. The van der Waals surface area contributed by atoms with Gasteiger partial charge in [-0.05, 0) is 24.6 Å². The summed E-state index contributed by atoms with van der Waals surface area (Å²) in [7, 11) is 0. The summed E-state index contributed by atoms with van der Waals surface area (Å²) in [6, 6.07) is 6.03. The smallest absolute Gasteiger partial charge is 0.182 e. The Bertz CT molecular complexity index is 621. The molecule has 4 nitrogen and oxygen atoms in total. The van der Waals surface area contributed by atoms with Crippen LogP contribution < -0.4 is 10.1 Å². The van der Waals surface area contributed by atoms with E-state index in [2.05, 4.69) is 17.2 Å². The summed E-state index contributed by atoms with van der Waals surface area (Å²) in [6.45, 7) is 3.21. The number of nitriles is 1. The second kappa shape index (κ2) is 6.87. The third-order valence-corrected chi connectivity index (χ3v) is 3.44. The van der Waals surface area contributed by atoms with Crippen LogP contribution in [0.2, 0.25) is 0 Å². The minimum atomic E-state index is -0.530. The number of anilines is 1. The van der Waals surface area contributed by atoms with Crippen LogP contribution in [0.15, 0.2) is 24.4 Å². The standard InChI is InChI=1S/C14H14FN3OS/c1-2-5-17-14-18-8-11(20-14)9-19-13-4-3-10(7-16)6-12(13)15/h3-4,6,8H,2,5,9H2,1H3,(H,17,18). The molecule has 2 aromatic rings. The maximum Gasteiger partial charge on any atom is 0.182 e. The molecule has 20 heavy (non-hydrogen) atoms. The minimum absolute atomic E-state index is 0.139. The summed E-state index contributed by atoms with van der Waals surface area (Å²) >= 11 is 1.48. The van der Waals surface area contributed by atoms with Crippen molar-refractivity contribution in [3.63, 3.8) is 0 Å². The molecule has 0 bridgehead atoms. The SMILES string of the molecule is CCCNc1ncc(COc2ccc(C#N)cc2F)s1. The quantitative estimate of drug-likeness (QED) is 0.884. The van der Waals surface area contributed by atoms with Gasteiger partial charge in [0.25, 0.3) is 0 Å². The van der Waals surface area contributed by atoms with Gasteiger partial charge in [-0.25, -0.2) is 9.37 Å². The zero-order chi connectivity index (χ0) is 14.4. The predicted molar refractivity (Wildman–Crippen MR) is 76.3 cm³/mol. The Hall–Kier alpha value is -2.13. The fraction of sp³-hybridized carbons (Fsp3) is 0.286. The van der Waals surface area contributed by atoms with Gasteiger partial charge in [-0.15, -0.1) is 0 Å². The number of ether oxygens (including phenoxy) is 1. The van der Waals surface area contributed by atoms with Gasteiger partial charge in [0.1, 0.15) is 6.61 Å². The van der Waals surface area contributed by atoms with Crippen molar-refractivity contribution in [1.82, 2.24) is 4.98 Å². The van der Waals surface area contributed by atoms with E-state index >= 15 is 0 Å². The number of nitrogens with one attached hydrogen (secondary N) is 1. The molecule has 0 unspecified atom stereocenters. The number of nitrogens with zero attached hydrogens (tertiary/aromatic N) is 2. The predicted octanol–water partition coefficient (Wildman–Crippen LogP) is 3.55. The summed E-state index contributed by atoms with van der Waals surface area (Å²) in [4.78, 5) is 5.12. The zero-order valence-corrected chi connectivity index (χ0v) is 11.8. The molecule has 0 aliphatic carbocycles. The molecular weight excluding hydrogens is 277 g/mol. The van der Waals surface area contributed by atoms with Gasteiger partial charge in [0.05, 0.1) is 16.5 Å². The maximum absolute atomic E-state index is 13.6. The molecule has 0 saturated carbocycles. The number of benzene rings is 1. The first-order valence-electron chi connectivity index (χ1n) is 6.24. The molecule has 0 saturated heterocycles. The number of rotatable bonds is 6. The van der Waals surface area contributed by atoms with Crippen LogP contribution in [0.4, 0.5) is 9.52 Å². The van der Waals surface area contributed by atoms with Gasteiger partial charge >= 0.3 is 0 Å². The van der Waals surface area contributed by atoms with Crippen molar-refractivity contribution in [1.29, 1.82) is 5.26 Å². The molecule has 0 amide bonds. The van der Waals surface area contributed by atoms with E-state index in [1.165, 1.54) is 23.5 Å². The van der Waals surface area contributed by atoms with Crippen LogP contribution in [0.25, 0.3) is 0 Å². The highest BCUT2D eigenvalue weighted by Crippen LogP contribution is 2.22. The molecule has 1 heterocycles. The Morgan fingerprint density at radius 3 is 3.05 bits per heavy atom. The van der Waals surface area contributed by atoms with E-state index in [0.717, 1.165) is 29.0 Å². The second-order valence-electron chi connectivity index (χ2n) is 4.10. The van der Waals surface area contributed by atoms with Crippen molar-refractivity contribution in [2.75, 3.05) is 11.9 Å². The van der Waals surface area contributed by atoms with Gasteiger partial charge in [0, 0.05) is 12.7 Å². The van der Waals surface area contributed by atoms with Gasteiger partial charge in [0.2, 0.25) is 0 Å². The lowest BCUT2D eigenvalue weighted by atomic mass is 10.2. The lowest BCUT2D eigenvalue weighted by Gasteiger charge is -2.05. The Kier molecular flexibility index (Phi) is 4.91. The van der Waals surface area contributed by atoms with E-state index in [0.29, 0.717) is 0 Å². The minimum Gasteiger partial charge on any atom is -0.485 e. The Labute approximate surface area is 120 Å². The Morgan fingerprint density at radius 1 is 1.50 bits per heavy atom. The molecule has 1 N–H and O–H groups in total. The van der Waals surface area contributed by atoms with Gasteiger partial charge in [-0.2, -0.15) is 5.26 Å². The highest BCUT2D eigenvalue weighted by molar-refractivity contribution is 7.15.